The van der Waals surface area contributed by atoms with Gasteiger partial charge in [0.05, 0.1) is 19.4 Å². The highest BCUT2D eigenvalue weighted by Crippen LogP contribution is 2.21. The van der Waals surface area contributed by atoms with Crippen LogP contribution in [-0.4, -0.2) is 31.1 Å². The molecule has 0 bridgehead atoms. The molecule has 5 heteroatoms. The Balaban J connectivity index is 2.19. The normalized spacial score (nSPS) is 23.7. The van der Waals surface area contributed by atoms with Crippen LogP contribution >= 0.6 is 0 Å². The highest BCUT2D eigenvalue weighted by Gasteiger charge is 2.33. The number of hydrogen-bond acceptors (Lipinski definition) is 4. The molecular weight excluding hydrogens is 204 g/mol. The molecule has 1 rings (SSSR count). The molecule has 0 aromatic carbocycles. The van der Waals surface area contributed by atoms with Gasteiger partial charge in [-0.25, -0.2) is 0 Å². The van der Waals surface area contributed by atoms with Crippen molar-refractivity contribution in [3.05, 3.63) is 0 Å². The van der Waals surface area contributed by atoms with E-state index in [0.29, 0.717) is 0 Å². The average molecular weight is 219 g/mol. The lowest BCUT2D eigenvalue weighted by atomic mass is 10.0. The zero-order valence-corrected chi connectivity index (χ0v) is 9.26. The molecule has 1 aliphatic rings. The van der Waals surface area contributed by atoms with Gasteiger partial charge in [0.25, 0.3) is 0 Å². The standard InChI is InChI=1S/C9H15O4S/c1-12-14(2)5-3-4-7-6-8(10)13-9(7)11/h7H,3-6H2,1-2H3/q+1. The van der Waals surface area contributed by atoms with Gasteiger partial charge in [0.15, 0.2) is 0 Å². The van der Waals surface area contributed by atoms with E-state index in [0.717, 1.165) is 18.6 Å². The summed E-state index contributed by atoms with van der Waals surface area (Å²) in [4.78, 5) is 21.8. The smallest absolute Gasteiger partial charge is 0.317 e. The molecular formula is C9H15O4S+. The quantitative estimate of drug-likeness (QED) is 0.387. The third-order valence-electron chi connectivity index (χ3n) is 2.23. The Labute approximate surface area is 86.5 Å². The number of esters is 2. The molecule has 80 valence electrons. The molecule has 0 spiro atoms. The van der Waals surface area contributed by atoms with Gasteiger partial charge in [-0.2, -0.15) is 4.18 Å². The minimum absolute atomic E-state index is 0.0340. The van der Waals surface area contributed by atoms with E-state index < -0.39 is 0 Å². The van der Waals surface area contributed by atoms with Crippen LogP contribution in [0, 0.1) is 5.92 Å². The van der Waals surface area contributed by atoms with Crippen LogP contribution in [0.15, 0.2) is 0 Å². The molecule has 1 fully saturated rings. The van der Waals surface area contributed by atoms with Crippen molar-refractivity contribution >= 4 is 23.1 Å². The first-order chi connectivity index (χ1) is 6.63. The van der Waals surface area contributed by atoms with E-state index in [-0.39, 0.29) is 35.5 Å². The van der Waals surface area contributed by atoms with E-state index in [1.165, 1.54) is 0 Å². The summed E-state index contributed by atoms with van der Waals surface area (Å²) in [6.07, 6.45) is 3.90. The summed E-state index contributed by atoms with van der Waals surface area (Å²) in [6.45, 7) is 0. The van der Waals surface area contributed by atoms with Gasteiger partial charge in [-0.15, -0.1) is 0 Å². The van der Waals surface area contributed by atoms with Crippen molar-refractivity contribution < 1.29 is 18.5 Å². The zero-order chi connectivity index (χ0) is 10.6. The molecule has 0 radical (unpaired) electrons. The fraction of sp³-hybridized carbons (Fsp3) is 0.778. The summed E-state index contributed by atoms with van der Waals surface area (Å²) in [7, 11) is 1.68. The van der Waals surface area contributed by atoms with Crippen molar-refractivity contribution in [3.63, 3.8) is 0 Å². The molecule has 0 aromatic rings. The Morgan fingerprint density at radius 2 is 2.29 bits per heavy atom. The summed E-state index contributed by atoms with van der Waals surface area (Å²) in [6, 6.07) is 0. The molecule has 1 aliphatic heterocycles. The van der Waals surface area contributed by atoms with Crippen molar-refractivity contribution in [3.8, 4) is 0 Å². The van der Waals surface area contributed by atoms with Crippen LogP contribution < -0.4 is 0 Å². The fourth-order valence-electron chi connectivity index (χ4n) is 1.36. The Bertz CT molecular complexity index is 229. The van der Waals surface area contributed by atoms with E-state index >= 15 is 0 Å². The van der Waals surface area contributed by atoms with Crippen LogP contribution in [0.5, 0.6) is 0 Å². The topological polar surface area (TPSA) is 52.6 Å². The Hall–Kier alpha value is -0.550. The molecule has 0 amide bonds. The average Bonchev–Trinajstić information content (AvgIpc) is 2.45. The number of cyclic esters (lactones) is 2. The summed E-state index contributed by atoms with van der Waals surface area (Å²) < 4.78 is 9.56. The van der Waals surface area contributed by atoms with Crippen molar-refractivity contribution in [1.82, 2.24) is 0 Å². The van der Waals surface area contributed by atoms with E-state index in [9.17, 15) is 9.59 Å². The van der Waals surface area contributed by atoms with Gasteiger partial charge in [-0.05, 0) is 12.8 Å². The largest absolute Gasteiger partial charge is 0.393 e. The van der Waals surface area contributed by atoms with Crippen LogP contribution in [0.3, 0.4) is 0 Å². The molecule has 1 saturated heterocycles. The maximum Gasteiger partial charge on any atom is 0.317 e. The first kappa shape index (κ1) is 11.5. The van der Waals surface area contributed by atoms with Crippen LogP contribution in [0.25, 0.3) is 0 Å². The summed E-state index contributed by atoms with van der Waals surface area (Å²) in [5.41, 5.74) is 0. The molecule has 0 saturated carbocycles. The van der Waals surface area contributed by atoms with E-state index in [1.807, 2.05) is 6.26 Å². The first-order valence-corrected chi connectivity index (χ1v) is 6.27. The highest BCUT2D eigenvalue weighted by atomic mass is 32.2. The molecule has 0 N–H and O–H groups in total. The number of ether oxygens (including phenoxy) is 1. The summed E-state index contributed by atoms with van der Waals surface area (Å²) >= 11 is -0.0340. The summed E-state index contributed by atoms with van der Waals surface area (Å²) in [5, 5.41) is 0. The molecule has 0 aromatic heterocycles. The van der Waals surface area contributed by atoms with Crippen LogP contribution in [0.1, 0.15) is 19.3 Å². The molecule has 0 aliphatic carbocycles. The number of carbonyl (C=O) groups excluding carboxylic acids is 2. The lowest BCUT2D eigenvalue weighted by Crippen LogP contribution is -2.11. The lowest BCUT2D eigenvalue weighted by Gasteiger charge is -2.02. The minimum atomic E-state index is -0.387. The number of rotatable bonds is 5. The molecule has 1 heterocycles. The van der Waals surface area contributed by atoms with Crippen molar-refractivity contribution in [1.29, 1.82) is 0 Å². The molecule has 4 nitrogen and oxygen atoms in total. The van der Waals surface area contributed by atoms with Crippen molar-refractivity contribution in [2.75, 3.05) is 19.1 Å². The lowest BCUT2D eigenvalue weighted by molar-refractivity contribution is -0.153. The van der Waals surface area contributed by atoms with E-state index in [4.69, 9.17) is 4.18 Å². The SMILES string of the molecule is CO[S+](C)CCCC1CC(=O)OC1=O. The van der Waals surface area contributed by atoms with Gasteiger partial charge in [0, 0.05) is 0 Å². The van der Waals surface area contributed by atoms with Gasteiger partial charge in [-0.1, -0.05) is 0 Å². The molecule has 2 unspecified atom stereocenters. The monoisotopic (exact) mass is 219 g/mol. The van der Waals surface area contributed by atoms with E-state index in [2.05, 4.69) is 4.74 Å². The highest BCUT2D eigenvalue weighted by molar-refractivity contribution is 7.91. The minimum Gasteiger partial charge on any atom is -0.393 e. The number of carbonyl (C=O) groups is 2. The third kappa shape index (κ3) is 3.31. The molecule has 14 heavy (non-hydrogen) atoms. The first-order valence-electron chi connectivity index (χ1n) is 4.55. The second kappa shape index (κ2) is 5.36. The maximum absolute atomic E-state index is 11.1. The zero-order valence-electron chi connectivity index (χ0n) is 8.45. The maximum atomic E-state index is 11.1. The van der Waals surface area contributed by atoms with Crippen LogP contribution in [0.2, 0.25) is 0 Å². The summed E-state index contributed by atoms with van der Waals surface area (Å²) in [5.74, 6) is -0.0175. The predicted octanol–water partition coefficient (Wildman–Crippen LogP) is 0.666. The van der Waals surface area contributed by atoms with Crippen molar-refractivity contribution in [2.45, 2.75) is 19.3 Å². The van der Waals surface area contributed by atoms with E-state index in [1.54, 1.807) is 7.11 Å². The van der Waals surface area contributed by atoms with Crippen LogP contribution in [-0.2, 0) is 29.7 Å². The van der Waals surface area contributed by atoms with Gasteiger partial charge < -0.3 is 4.74 Å². The van der Waals surface area contributed by atoms with Crippen LogP contribution in [0.4, 0.5) is 0 Å². The van der Waals surface area contributed by atoms with Gasteiger partial charge >= 0.3 is 11.9 Å². The Kier molecular flexibility index (Phi) is 4.41. The number of hydrogen-bond donors (Lipinski definition) is 0. The second-order valence-electron chi connectivity index (χ2n) is 3.28. The van der Waals surface area contributed by atoms with Crippen molar-refractivity contribution in [2.24, 2.45) is 5.92 Å². The Morgan fingerprint density at radius 1 is 1.57 bits per heavy atom. The predicted molar refractivity (Wildman–Crippen MR) is 53.6 cm³/mol. The molecule has 2 atom stereocenters. The van der Waals surface area contributed by atoms with Gasteiger partial charge in [0.1, 0.15) is 23.2 Å². The fourth-order valence-corrected chi connectivity index (χ4v) is 2.10. The van der Waals surface area contributed by atoms with Gasteiger partial charge in [0.2, 0.25) is 0 Å². The van der Waals surface area contributed by atoms with Gasteiger partial charge in [-0.3, -0.25) is 9.59 Å². The second-order valence-corrected chi connectivity index (χ2v) is 5.17. The Morgan fingerprint density at radius 3 is 2.79 bits per heavy atom. The third-order valence-corrected chi connectivity index (χ3v) is 3.66.